The first kappa shape index (κ1) is 20.7. The van der Waals surface area contributed by atoms with Crippen LogP contribution in [-0.2, 0) is 13.1 Å². The van der Waals surface area contributed by atoms with E-state index >= 15 is 0 Å². The molecule has 0 unspecified atom stereocenters. The highest BCUT2D eigenvalue weighted by atomic mass is 19.1. The summed E-state index contributed by atoms with van der Waals surface area (Å²) < 4.78 is 17.2. The number of aromatic amines is 1. The van der Waals surface area contributed by atoms with Crippen LogP contribution in [0.1, 0.15) is 38.4 Å². The number of hydrogen-bond acceptors (Lipinski definition) is 3. The highest BCUT2D eigenvalue weighted by molar-refractivity contribution is 5.86. The van der Waals surface area contributed by atoms with Crippen molar-refractivity contribution in [1.82, 2.24) is 24.4 Å². The SMILES string of the molecule is CCn1c(=O)n(CC)c2cc(-c3nc(C4CCNCC4)[nH]c3-c3ccc(F)cc3)ccc21. The Morgan fingerprint density at radius 1 is 0.969 bits per heavy atom. The van der Waals surface area contributed by atoms with Crippen molar-refractivity contribution >= 4 is 11.0 Å². The van der Waals surface area contributed by atoms with E-state index in [0.29, 0.717) is 19.0 Å². The molecule has 0 radical (unpaired) electrons. The molecule has 2 aromatic heterocycles. The molecule has 0 bridgehead atoms. The number of halogens is 1. The third-order valence-electron chi connectivity index (χ3n) is 6.51. The molecule has 1 fully saturated rings. The van der Waals surface area contributed by atoms with Crippen LogP contribution in [0, 0.1) is 5.82 Å². The number of nitrogens with one attached hydrogen (secondary N) is 2. The number of piperidine rings is 1. The minimum absolute atomic E-state index is 0.0123. The lowest BCUT2D eigenvalue weighted by atomic mass is 9.98. The molecular formula is C25H28FN5O. The smallest absolute Gasteiger partial charge is 0.329 e. The maximum absolute atomic E-state index is 13.6. The normalized spacial score (nSPS) is 15.0. The molecule has 4 aromatic rings. The van der Waals surface area contributed by atoms with Gasteiger partial charge in [0.1, 0.15) is 11.6 Å². The number of aromatic nitrogens is 4. The Kier molecular flexibility index (Phi) is 5.43. The van der Waals surface area contributed by atoms with Gasteiger partial charge in [0.2, 0.25) is 0 Å². The van der Waals surface area contributed by atoms with Crippen molar-refractivity contribution in [2.45, 2.75) is 45.7 Å². The number of rotatable bonds is 5. The molecule has 5 rings (SSSR count). The largest absolute Gasteiger partial charge is 0.341 e. The second kappa shape index (κ2) is 8.39. The minimum atomic E-state index is -0.261. The van der Waals surface area contributed by atoms with E-state index in [4.69, 9.17) is 4.98 Å². The van der Waals surface area contributed by atoms with Crippen LogP contribution in [0.5, 0.6) is 0 Å². The lowest BCUT2D eigenvalue weighted by Crippen LogP contribution is -2.27. The molecule has 0 atom stereocenters. The van der Waals surface area contributed by atoms with Crippen molar-refractivity contribution in [2.75, 3.05) is 13.1 Å². The fraction of sp³-hybridized carbons (Fsp3) is 0.360. The van der Waals surface area contributed by atoms with Crippen molar-refractivity contribution in [3.8, 4) is 22.5 Å². The highest BCUT2D eigenvalue weighted by Gasteiger charge is 2.23. The lowest BCUT2D eigenvalue weighted by Gasteiger charge is -2.20. The monoisotopic (exact) mass is 433 g/mol. The fourth-order valence-corrected chi connectivity index (χ4v) is 4.79. The zero-order chi connectivity index (χ0) is 22.2. The van der Waals surface area contributed by atoms with Gasteiger partial charge in [0.15, 0.2) is 0 Å². The predicted molar refractivity (Wildman–Crippen MR) is 125 cm³/mol. The van der Waals surface area contributed by atoms with E-state index in [2.05, 4.69) is 16.4 Å². The number of benzene rings is 2. The molecule has 1 saturated heterocycles. The molecule has 32 heavy (non-hydrogen) atoms. The second-order valence-electron chi connectivity index (χ2n) is 8.35. The summed E-state index contributed by atoms with van der Waals surface area (Å²) in [5, 5.41) is 3.40. The van der Waals surface area contributed by atoms with E-state index in [-0.39, 0.29) is 11.5 Å². The van der Waals surface area contributed by atoms with Gasteiger partial charge >= 0.3 is 5.69 Å². The summed E-state index contributed by atoms with van der Waals surface area (Å²) in [6, 6.07) is 12.6. The van der Waals surface area contributed by atoms with Gasteiger partial charge in [-0.05, 0) is 76.2 Å². The second-order valence-corrected chi connectivity index (χ2v) is 8.35. The van der Waals surface area contributed by atoms with E-state index < -0.39 is 0 Å². The zero-order valence-corrected chi connectivity index (χ0v) is 18.5. The molecule has 1 aliphatic heterocycles. The molecule has 166 valence electrons. The average molecular weight is 434 g/mol. The van der Waals surface area contributed by atoms with Crippen LogP contribution in [0.4, 0.5) is 4.39 Å². The molecule has 6 nitrogen and oxygen atoms in total. The standard InChI is InChI=1S/C25H28FN5O/c1-3-30-20-10-7-18(15-21(20)31(4-2)25(30)32)23-22(16-5-8-19(26)9-6-16)28-24(29-23)17-11-13-27-14-12-17/h5-10,15,17,27H,3-4,11-14H2,1-2H3,(H,28,29). The molecule has 3 heterocycles. The number of imidazole rings is 2. The van der Waals surface area contributed by atoms with Crippen LogP contribution in [0.15, 0.2) is 47.3 Å². The Morgan fingerprint density at radius 2 is 1.62 bits per heavy atom. The van der Waals surface area contributed by atoms with E-state index in [9.17, 15) is 9.18 Å². The van der Waals surface area contributed by atoms with Gasteiger partial charge in [0, 0.05) is 30.1 Å². The van der Waals surface area contributed by atoms with Gasteiger partial charge in [-0.25, -0.2) is 14.2 Å². The molecule has 0 aliphatic carbocycles. The Balaban J connectivity index is 1.69. The Morgan fingerprint density at radius 3 is 2.31 bits per heavy atom. The van der Waals surface area contributed by atoms with Crippen LogP contribution in [0.3, 0.4) is 0 Å². The molecule has 0 spiro atoms. The van der Waals surface area contributed by atoms with Gasteiger partial charge in [-0.2, -0.15) is 0 Å². The van der Waals surface area contributed by atoms with Crippen LogP contribution in [0.25, 0.3) is 33.5 Å². The van der Waals surface area contributed by atoms with E-state index in [1.165, 1.54) is 12.1 Å². The summed E-state index contributed by atoms with van der Waals surface area (Å²) in [6.45, 7) is 7.17. The number of hydrogen-bond donors (Lipinski definition) is 2. The molecule has 0 amide bonds. The molecule has 2 N–H and O–H groups in total. The van der Waals surface area contributed by atoms with Gasteiger partial charge in [0.25, 0.3) is 0 Å². The summed E-state index contributed by atoms with van der Waals surface area (Å²) in [6.07, 6.45) is 2.06. The molecule has 7 heteroatoms. The zero-order valence-electron chi connectivity index (χ0n) is 18.5. The first-order chi connectivity index (χ1) is 15.6. The highest BCUT2D eigenvalue weighted by Crippen LogP contribution is 2.35. The maximum Gasteiger partial charge on any atom is 0.329 e. The summed E-state index contributed by atoms with van der Waals surface area (Å²) >= 11 is 0. The predicted octanol–water partition coefficient (Wildman–Crippen LogP) is 4.51. The van der Waals surface area contributed by atoms with E-state index in [0.717, 1.165) is 65.3 Å². The van der Waals surface area contributed by atoms with Crippen molar-refractivity contribution in [1.29, 1.82) is 0 Å². The van der Waals surface area contributed by atoms with Gasteiger partial charge in [-0.15, -0.1) is 0 Å². The maximum atomic E-state index is 13.6. The quantitative estimate of drug-likeness (QED) is 0.487. The third kappa shape index (κ3) is 3.46. The Bertz CT molecular complexity index is 1310. The van der Waals surface area contributed by atoms with Crippen molar-refractivity contribution in [3.63, 3.8) is 0 Å². The van der Waals surface area contributed by atoms with Crippen LogP contribution in [-0.4, -0.2) is 32.2 Å². The Hall–Kier alpha value is -3.19. The number of fused-ring (bicyclic) bond motifs is 1. The summed E-state index contributed by atoms with van der Waals surface area (Å²) in [5.74, 6) is 1.07. The molecule has 1 aliphatic rings. The first-order valence-corrected chi connectivity index (χ1v) is 11.4. The molecule has 0 saturated carbocycles. The summed E-state index contributed by atoms with van der Waals surface area (Å²) in [7, 11) is 0. The van der Waals surface area contributed by atoms with Gasteiger partial charge < -0.3 is 10.3 Å². The van der Waals surface area contributed by atoms with Crippen molar-refractivity contribution in [2.24, 2.45) is 0 Å². The van der Waals surface area contributed by atoms with Gasteiger partial charge in [0.05, 0.1) is 22.4 Å². The summed E-state index contributed by atoms with van der Waals surface area (Å²) in [4.78, 5) is 21.4. The Labute approximate surface area is 186 Å². The minimum Gasteiger partial charge on any atom is -0.341 e. The van der Waals surface area contributed by atoms with Crippen molar-refractivity contribution in [3.05, 3.63) is 64.6 Å². The summed E-state index contributed by atoms with van der Waals surface area (Å²) in [5.41, 5.74) is 5.42. The third-order valence-corrected chi connectivity index (χ3v) is 6.51. The molecular weight excluding hydrogens is 405 g/mol. The lowest BCUT2D eigenvalue weighted by molar-refractivity contribution is 0.447. The van der Waals surface area contributed by atoms with Crippen LogP contribution < -0.4 is 11.0 Å². The molecule has 2 aromatic carbocycles. The van der Waals surface area contributed by atoms with Gasteiger partial charge in [-0.3, -0.25) is 9.13 Å². The number of aryl methyl sites for hydroxylation is 2. The number of H-pyrrole nitrogens is 1. The topological polar surface area (TPSA) is 67.6 Å². The van der Waals surface area contributed by atoms with E-state index in [1.807, 2.05) is 26.0 Å². The van der Waals surface area contributed by atoms with Crippen molar-refractivity contribution < 1.29 is 4.39 Å². The fourth-order valence-electron chi connectivity index (χ4n) is 4.79. The van der Waals surface area contributed by atoms with E-state index in [1.54, 1.807) is 21.3 Å². The van der Waals surface area contributed by atoms with Crippen LogP contribution in [0.2, 0.25) is 0 Å². The first-order valence-electron chi connectivity index (χ1n) is 11.4. The van der Waals surface area contributed by atoms with Gasteiger partial charge in [-0.1, -0.05) is 6.07 Å². The average Bonchev–Trinajstić information content (AvgIpc) is 3.38. The van der Waals surface area contributed by atoms with Crippen LogP contribution >= 0.6 is 0 Å². The number of nitrogens with zero attached hydrogens (tertiary/aromatic N) is 3.